The molecule has 1 aromatic carbocycles. The molecule has 0 aliphatic rings. The summed E-state index contributed by atoms with van der Waals surface area (Å²) in [6.07, 6.45) is 0. The van der Waals surface area contributed by atoms with E-state index in [0.29, 0.717) is 16.7 Å². The van der Waals surface area contributed by atoms with Crippen LogP contribution >= 0.6 is 0 Å². The van der Waals surface area contributed by atoms with Gasteiger partial charge in [-0.2, -0.15) is 4.31 Å². The molecule has 2 aromatic heterocycles. The maximum atomic E-state index is 12.6. The van der Waals surface area contributed by atoms with Crippen LogP contribution in [0.25, 0.3) is 11.0 Å². The summed E-state index contributed by atoms with van der Waals surface area (Å²) in [5.41, 5.74) is -0.126. The van der Waals surface area contributed by atoms with Crippen molar-refractivity contribution in [3.8, 4) is 0 Å². The fraction of sp³-hybridized carbons (Fsp3) is 0.188. The van der Waals surface area contributed by atoms with E-state index in [-0.39, 0.29) is 11.4 Å². The Hall–Kier alpha value is -2.38. The van der Waals surface area contributed by atoms with E-state index in [1.807, 2.05) is 0 Å². The van der Waals surface area contributed by atoms with E-state index in [4.69, 9.17) is 8.83 Å². The molecule has 0 bridgehead atoms. The van der Waals surface area contributed by atoms with Crippen molar-refractivity contribution in [2.45, 2.75) is 18.4 Å². The lowest BCUT2D eigenvalue weighted by molar-refractivity contribution is 0.397. The Balaban J connectivity index is 1.95. The number of aryl methyl sites for hydroxylation is 1. The molecule has 0 saturated carbocycles. The number of fused-ring (bicyclic) bond motifs is 1. The Bertz CT molecular complexity index is 1020. The molecule has 23 heavy (non-hydrogen) atoms. The smallest absolute Gasteiger partial charge is 0.336 e. The van der Waals surface area contributed by atoms with E-state index in [9.17, 15) is 13.2 Å². The Labute approximate surface area is 133 Å². The fourth-order valence-electron chi connectivity index (χ4n) is 2.26. The van der Waals surface area contributed by atoms with Gasteiger partial charge in [-0.15, -0.1) is 0 Å². The minimum Gasteiger partial charge on any atom is -0.465 e. The number of rotatable bonds is 4. The van der Waals surface area contributed by atoms with Crippen LogP contribution in [-0.2, 0) is 16.6 Å². The molecule has 0 unspecified atom stereocenters. The van der Waals surface area contributed by atoms with E-state index in [2.05, 4.69) is 0 Å². The lowest BCUT2D eigenvalue weighted by atomic mass is 10.2. The molecule has 0 fully saturated rings. The van der Waals surface area contributed by atoms with E-state index in [1.165, 1.54) is 41.7 Å². The van der Waals surface area contributed by atoms with Crippen LogP contribution in [0.3, 0.4) is 0 Å². The van der Waals surface area contributed by atoms with Crippen LogP contribution in [0.4, 0.5) is 0 Å². The molecule has 3 aromatic rings. The maximum Gasteiger partial charge on any atom is 0.336 e. The molecule has 6 nitrogen and oxygen atoms in total. The Morgan fingerprint density at radius 2 is 1.83 bits per heavy atom. The first-order valence-electron chi connectivity index (χ1n) is 6.92. The highest BCUT2D eigenvalue weighted by Gasteiger charge is 2.22. The van der Waals surface area contributed by atoms with Gasteiger partial charge in [0.1, 0.15) is 17.1 Å². The van der Waals surface area contributed by atoms with Crippen LogP contribution in [0.15, 0.2) is 61.0 Å². The van der Waals surface area contributed by atoms with Gasteiger partial charge in [0.15, 0.2) is 0 Å². The van der Waals surface area contributed by atoms with Crippen molar-refractivity contribution in [3.63, 3.8) is 0 Å². The summed E-state index contributed by atoms with van der Waals surface area (Å²) < 4.78 is 36.9. The average Bonchev–Trinajstić information content (AvgIpc) is 2.91. The zero-order valence-electron chi connectivity index (χ0n) is 12.6. The highest BCUT2D eigenvalue weighted by Crippen LogP contribution is 2.22. The van der Waals surface area contributed by atoms with Gasteiger partial charge in [-0.25, -0.2) is 13.2 Å². The predicted molar refractivity (Wildman–Crippen MR) is 84.6 cm³/mol. The number of hydrogen-bond donors (Lipinski definition) is 0. The summed E-state index contributed by atoms with van der Waals surface area (Å²) >= 11 is 0. The summed E-state index contributed by atoms with van der Waals surface area (Å²) in [7, 11) is -2.19. The van der Waals surface area contributed by atoms with Gasteiger partial charge in [0.25, 0.3) is 0 Å². The highest BCUT2D eigenvalue weighted by atomic mass is 32.2. The maximum absolute atomic E-state index is 12.6. The summed E-state index contributed by atoms with van der Waals surface area (Å²) in [6, 6.07) is 10.7. The van der Waals surface area contributed by atoms with Crippen molar-refractivity contribution in [1.29, 1.82) is 0 Å². The molecule has 0 spiro atoms. The van der Waals surface area contributed by atoms with Crippen LogP contribution in [0.2, 0.25) is 0 Å². The largest absolute Gasteiger partial charge is 0.465 e. The van der Waals surface area contributed by atoms with Gasteiger partial charge in [-0.1, -0.05) is 0 Å². The summed E-state index contributed by atoms with van der Waals surface area (Å²) in [5, 5.41) is 0.549. The van der Waals surface area contributed by atoms with Crippen LogP contribution in [-0.4, -0.2) is 19.8 Å². The molecule has 0 atom stereocenters. The zero-order chi connectivity index (χ0) is 16.6. The van der Waals surface area contributed by atoms with Crippen molar-refractivity contribution >= 4 is 21.0 Å². The van der Waals surface area contributed by atoms with Crippen LogP contribution in [0.5, 0.6) is 0 Å². The predicted octanol–water partition coefficient (Wildman–Crippen LogP) is 2.52. The standard InChI is InChI=1S/C16H15NO5S/c1-11-3-5-13(21-11)10-17(2)23(19,20)14-6-7-15-12(9-14)4-8-16(18)22-15/h3-9H,10H2,1-2H3. The molecular weight excluding hydrogens is 318 g/mol. The number of benzene rings is 1. The Kier molecular flexibility index (Phi) is 3.83. The van der Waals surface area contributed by atoms with Gasteiger partial charge in [0, 0.05) is 18.5 Å². The molecular formula is C16H15NO5S. The molecule has 7 heteroatoms. The van der Waals surface area contributed by atoms with E-state index >= 15 is 0 Å². The fourth-order valence-corrected chi connectivity index (χ4v) is 3.44. The van der Waals surface area contributed by atoms with Gasteiger partial charge in [-0.05, 0) is 43.3 Å². The minimum absolute atomic E-state index is 0.129. The second kappa shape index (κ2) is 5.68. The first-order valence-corrected chi connectivity index (χ1v) is 8.36. The monoisotopic (exact) mass is 333 g/mol. The van der Waals surface area contributed by atoms with Crippen LogP contribution < -0.4 is 5.63 Å². The first kappa shape index (κ1) is 15.5. The number of sulfonamides is 1. The summed E-state index contributed by atoms with van der Waals surface area (Å²) in [6.45, 7) is 1.94. The average molecular weight is 333 g/mol. The summed E-state index contributed by atoms with van der Waals surface area (Å²) in [4.78, 5) is 11.3. The molecule has 0 aliphatic carbocycles. The summed E-state index contributed by atoms with van der Waals surface area (Å²) in [5.74, 6) is 1.30. The molecule has 0 aliphatic heterocycles. The third-order valence-corrected chi connectivity index (χ3v) is 5.27. The van der Waals surface area contributed by atoms with Gasteiger partial charge >= 0.3 is 5.63 Å². The number of furan rings is 1. The van der Waals surface area contributed by atoms with Gasteiger partial charge < -0.3 is 8.83 Å². The van der Waals surface area contributed by atoms with E-state index in [1.54, 1.807) is 19.1 Å². The minimum atomic E-state index is -3.68. The second-order valence-electron chi connectivity index (χ2n) is 5.23. The SMILES string of the molecule is Cc1ccc(CN(C)S(=O)(=O)c2ccc3oc(=O)ccc3c2)o1. The molecule has 120 valence electrons. The van der Waals surface area contributed by atoms with E-state index < -0.39 is 15.6 Å². The quantitative estimate of drug-likeness (QED) is 0.685. The third-order valence-electron chi connectivity index (χ3n) is 3.47. The molecule has 0 saturated heterocycles. The van der Waals surface area contributed by atoms with Gasteiger partial charge in [-0.3, -0.25) is 0 Å². The normalized spacial score (nSPS) is 12.1. The number of hydrogen-bond acceptors (Lipinski definition) is 5. The van der Waals surface area contributed by atoms with Crippen LogP contribution in [0, 0.1) is 6.92 Å². The van der Waals surface area contributed by atoms with Crippen molar-refractivity contribution in [1.82, 2.24) is 4.31 Å². The number of nitrogens with zero attached hydrogens (tertiary/aromatic N) is 1. The molecule has 2 heterocycles. The van der Waals surface area contributed by atoms with Crippen molar-refractivity contribution in [3.05, 3.63) is 64.4 Å². The lowest BCUT2D eigenvalue weighted by Crippen LogP contribution is -2.26. The van der Waals surface area contributed by atoms with Crippen LogP contribution in [0.1, 0.15) is 11.5 Å². The zero-order valence-corrected chi connectivity index (χ0v) is 13.5. The van der Waals surface area contributed by atoms with Gasteiger partial charge in [0.05, 0.1) is 11.4 Å². The highest BCUT2D eigenvalue weighted by molar-refractivity contribution is 7.89. The van der Waals surface area contributed by atoms with Crippen molar-refractivity contribution in [2.75, 3.05) is 7.05 Å². The van der Waals surface area contributed by atoms with Crippen molar-refractivity contribution < 1.29 is 17.3 Å². The Morgan fingerprint density at radius 1 is 1.04 bits per heavy atom. The van der Waals surface area contributed by atoms with Gasteiger partial charge in [0.2, 0.25) is 10.0 Å². The second-order valence-corrected chi connectivity index (χ2v) is 7.27. The first-order chi connectivity index (χ1) is 10.9. The van der Waals surface area contributed by atoms with Crippen molar-refractivity contribution in [2.24, 2.45) is 0 Å². The molecule has 0 radical (unpaired) electrons. The molecule has 0 N–H and O–H groups in total. The van der Waals surface area contributed by atoms with E-state index in [0.717, 1.165) is 5.76 Å². The third kappa shape index (κ3) is 3.06. The lowest BCUT2D eigenvalue weighted by Gasteiger charge is -2.16. The molecule has 0 amide bonds. The topological polar surface area (TPSA) is 80.7 Å². The Morgan fingerprint density at radius 3 is 2.52 bits per heavy atom. The molecule has 3 rings (SSSR count).